The van der Waals surface area contributed by atoms with Crippen molar-refractivity contribution in [1.82, 2.24) is 14.9 Å². The number of hydrogen-bond acceptors (Lipinski definition) is 10. The highest BCUT2D eigenvalue weighted by molar-refractivity contribution is 7.16. The predicted octanol–water partition coefficient (Wildman–Crippen LogP) is 2.06. The van der Waals surface area contributed by atoms with Crippen LogP contribution in [-0.4, -0.2) is 67.4 Å². The molecule has 10 heteroatoms. The highest BCUT2D eigenvalue weighted by Crippen LogP contribution is 2.52. The third-order valence-corrected chi connectivity index (χ3v) is 8.84. The van der Waals surface area contributed by atoms with Crippen molar-refractivity contribution in [1.29, 1.82) is 10.5 Å². The van der Waals surface area contributed by atoms with E-state index in [2.05, 4.69) is 31.9 Å². The summed E-state index contributed by atoms with van der Waals surface area (Å²) in [6, 6.07) is 4.86. The fraction of sp³-hybridized carbons (Fsp3) is 0.583. The maximum atomic E-state index is 9.66. The molecule has 2 aliphatic carbocycles. The molecule has 0 radical (unpaired) electrons. The number of nitrogens with two attached hydrogens (primary N) is 1. The summed E-state index contributed by atoms with van der Waals surface area (Å²) in [5, 5.41) is 19.9. The smallest absolute Gasteiger partial charge is 0.318 e. The fourth-order valence-electron chi connectivity index (χ4n) is 5.70. The van der Waals surface area contributed by atoms with Gasteiger partial charge in [0.15, 0.2) is 5.82 Å². The van der Waals surface area contributed by atoms with E-state index >= 15 is 0 Å². The number of nitriles is 2. The number of nitrogens with zero attached hydrogens (tertiary/aromatic N) is 6. The molecule has 2 aromatic heterocycles. The van der Waals surface area contributed by atoms with E-state index in [0.717, 1.165) is 77.2 Å². The van der Waals surface area contributed by atoms with Crippen LogP contribution in [0.25, 0.3) is 0 Å². The topological polar surface area (TPSA) is 124 Å². The number of anilines is 2. The second-order valence-corrected chi connectivity index (χ2v) is 11.2. The van der Waals surface area contributed by atoms with Crippen molar-refractivity contribution in [3.8, 4) is 18.1 Å². The summed E-state index contributed by atoms with van der Waals surface area (Å²) in [6.07, 6.45) is 5.81. The highest BCUT2D eigenvalue weighted by atomic mass is 32.1. The summed E-state index contributed by atoms with van der Waals surface area (Å²) in [4.78, 5) is 14.8. The van der Waals surface area contributed by atoms with Gasteiger partial charge in [-0.25, -0.2) is 4.98 Å². The van der Waals surface area contributed by atoms with Crippen LogP contribution in [0.15, 0.2) is 6.20 Å². The van der Waals surface area contributed by atoms with Crippen LogP contribution in [0.3, 0.4) is 0 Å². The molecular weight excluding hydrogens is 450 g/mol. The minimum atomic E-state index is -0.0799. The average molecular weight is 478 g/mol. The molecule has 0 bridgehead atoms. The van der Waals surface area contributed by atoms with Crippen LogP contribution in [0.2, 0.25) is 0 Å². The van der Waals surface area contributed by atoms with Crippen molar-refractivity contribution in [2.45, 2.75) is 31.1 Å². The minimum Gasteiger partial charge on any atom is -0.463 e. The monoisotopic (exact) mass is 477 g/mol. The Morgan fingerprint density at radius 1 is 1.18 bits per heavy atom. The Morgan fingerprint density at radius 3 is 2.68 bits per heavy atom. The Hall–Kier alpha value is -2.92. The van der Waals surface area contributed by atoms with Gasteiger partial charge in [0.2, 0.25) is 0 Å². The third kappa shape index (κ3) is 3.58. The Kier molecular flexibility index (Phi) is 5.14. The first-order valence-electron chi connectivity index (χ1n) is 11.8. The van der Waals surface area contributed by atoms with Crippen molar-refractivity contribution >= 4 is 22.2 Å². The maximum Gasteiger partial charge on any atom is 0.318 e. The van der Waals surface area contributed by atoms with E-state index in [1.165, 1.54) is 4.88 Å². The van der Waals surface area contributed by atoms with Gasteiger partial charge in [0.05, 0.1) is 31.6 Å². The summed E-state index contributed by atoms with van der Waals surface area (Å²) in [5.74, 6) is 0.617. The van der Waals surface area contributed by atoms with Crippen LogP contribution in [0.4, 0.5) is 10.8 Å². The number of hydrogen-bond donors (Lipinski definition) is 1. The lowest BCUT2D eigenvalue weighted by Gasteiger charge is -2.49. The molecule has 0 aromatic carbocycles. The number of nitrogen functional groups attached to an aromatic ring is 1. The van der Waals surface area contributed by atoms with E-state index in [-0.39, 0.29) is 10.8 Å². The van der Waals surface area contributed by atoms with E-state index in [1.807, 2.05) is 0 Å². The second-order valence-electron chi connectivity index (χ2n) is 10.1. The van der Waals surface area contributed by atoms with Gasteiger partial charge in [-0.3, -0.25) is 4.90 Å². The van der Waals surface area contributed by atoms with Gasteiger partial charge >= 0.3 is 6.01 Å². The van der Waals surface area contributed by atoms with Gasteiger partial charge in [0.1, 0.15) is 22.7 Å². The van der Waals surface area contributed by atoms with Crippen LogP contribution in [0.1, 0.15) is 40.8 Å². The summed E-state index contributed by atoms with van der Waals surface area (Å²) < 4.78 is 11.5. The second kappa shape index (κ2) is 8.09. The van der Waals surface area contributed by atoms with Crippen molar-refractivity contribution in [3.63, 3.8) is 0 Å². The van der Waals surface area contributed by atoms with Gasteiger partial charge in [0.25, 0.3) is 0 Å². The quantitative estimate of drug-likeness (QED) is 0.665. The summed E-state index contributed by atoms with van der Waals surface area (Å²) in [6.45, 7) is 6.58. The lowest BCUT2D eigenvalue weighted by atomic mass is 9.74. The molecular formula is C24H27N7O2S. The Morgan fingerprint density at radius 2 is 1.97 bits per heavy atom. The zero-order valence-corrected chi connectivity index (χ0v) is 19.9. The van der Waals surface area contributed by atoms with E-state index in [4.69, 9.17) is 15.2 Å². The first kappa shape index (κ1) is 21.6. The lowest BCUT2D eigenvalue weighted by Crippen LogP contribution is -2.59. The molecule has 6 rings (SSSR count). The average Bonchev–Trinajstić information content (AvgIpc) is 3.38. The lowest BCUT2D eigenvalue weighted by molar-refractivity contribution is 0.0231. The molecule has 0 unspecified atom stereocenters. The normalized spacial score (nSPS) is 22.0. The molecule has 0 atom stereocenters. The zero-order chi connectivity index (χ0) is 23.3. The predicted molar refractivity (Wildman–Crippen MR) is 127 cm³/mol. The number of aromatic nitrogens is 2. The van der Waals surface area contributed by atoms with Crippen LogP contribution >= 0.6 is 11.3 Å². The highest BCUT2D eigenvalue weighted by Gasteiger charge is 2.52. The van der Waals surface area contributed by atoms with Crippen molar-refractivity contribution in [2.75, 3.05) is 63.2 Å². The Bertz CT molecular complexity index is 1200. The summed E-state index contributed by atoms with van der Waals surface area (Å²) >= 11 is 1.54. The molecule has 2 saturated heterocycles. The number of aryl methyl sites for hydroxylation is 1. The third-order valence-electron chi connectivity index (χ3n) is 7.76. The fourth-order valence-corrected chi connectivity index (χ4v) is 6.84. The summed E-state index contributed by atoms with van der Waals surface area (Å²) in [7, 11) is 0. The number of fused-ring (bicyclic) bond motifs is 2. The number of rotatable bonds is 6. The first-order valence-corrected chi connectivity index (χ1v) is 12.6. The van der Waals surface area contributed by atoms with Gasteiger partial charge in [-0.2, -0.15) is 15.5 Å². The Labute approximate surface area is 202 Å². The molecule has 176 valence electrons. The molecule has 1 saturated carbocycles. The Balaban J connectivity index is 1.15. The largest absolute Gasteiger partial charge is 0.463 e. The van der Waals surface area contributed by atoms with Crippen molar-refractivity contribution < 1.29 is 9.47 Å². The molecule has 1 spiro atoms. The van der Waals surface area contributed by atoms with Crippen LogP contribution in [0.5, 0.6) is 6.01 Å². The van der Waals surface area contributed by atoms with Gasteiger partial charge in [-0.15, -0.1) is 11.3 Å². The van der Waals surface area contributed by atoms with Gasteiger partial charge in [-0.05, 0) is 31.2 Å². The van der Waals surface area contributed by atoms with Gasteiger partial charge in [0, 0.05) is 48.4 Å². The van der Waals surface area contributed by atoms with Gasteiger partial charge in [-0.1, -0.05) is 0 Å². The molecule has 34 heavy (non-hydrogen) atoms. The van der Waals surface area contributed by atoms with Crippen molar-refractivity contribution in [2.24, 2.45) is 5.41 Å². The van der Waals surface area contributed by atoms with E-state index in [0.29, 0.717) is 34.6 Å². The zero-order valence-electron chi connectivity index (χ0n) is 19.0. The SMILES string of the molecule is N#Cc1cnc(OCC2(CN3CCOCC3)CC2)nc1N1CC2(CCc3sc(N)c(C#N)c32)C1. The minimum absolute atomic E-state index is 0.0799. The van der Waals surface area contributed by atoms with Crippen LogP contribution < -0.4 is 15.4 Å². The molecule has 9 nitrogen and oxygen atoms in total. The molecule has 4 aliphatic rings. The first-order chi connectivity index (χ1) is 16.5. The van der Waals surface area contributed by atoms with E-state index in [9.17, 15) is 10.5 Å². The number of morpholine rings is 1. The molecule has 2 aliphatic heterocycles. The van der Waals surface area contributed by atoms with Crippen LogP contribution in [-0.2, 0) is 16.6 Å². The standard InChI is InChI=1S/C24H27N7O2S/c25-9-16-11-28-22(33-15-23(3-4-23)12-30-5-7-32-8-6-30)29-21(16)31-13-24(14-31)2-1-18-19(24)17(10-26)20(27)34-18/h11H,1-8,12-15,27H2. The maximum absolute atomic E-state index is 9.66. The van der Waals surface area contributed by atoms with E-state index < -0.39 is 0 Å². The van der Waals surface area contributed by atoms with Gasteiger partial charge < -0.3 is 20.1 Å². The van der Waals surface area contributed by atoms with E-state index in [1.54, 1.807) is 17.5 Å². The summed E-state index contributed by atoms with van der Waals surface area (Å²) in [5.41, 5.74) is 8.39. The number of thiophene rings is 1. The molecule has 2 N–H and O–H groups in total. The molecule has 0 amide bonds. The number of ether oxygens (including phenoxy) is 2. The van der Waals surface area contributed by atoms with Crippen molar-refractivity contribution in [3.05, 3.63) is 27.8 Å². The molecule has 2 aromatic rings. The van der Waals surface area contributed by atoms with Crippen LogP contribution in [0, 0.1) is 28.1 Å². The molecule has 3 fully saturated rings. The molecule has 4 heterocycles.